The molecular weight excluding hydrogens is 400 g/mol. The van der Waals surface area contributed by atoms with Crippen LogP contribution < -0.4 is 20.1 Å². The van der Waals surface area contributed by atoms with Gasteiger partial charge in [-0.05, 0) is 12.1 Å². The van der Waals surface area contributed by atoms with Gasteiger partial charge in [-0.15, -0.1) is 5.10 Å². The molecule has 0 unspecified atom stereocenters. The van der Waals surface area contributed by atoms with Crippen LogP contribution in [0, 0.1) is 11.6 Å². The second kappa shape index (κ2) is 7.22. The standard InChI is InChI=1S/C14H13F2N7O4S/c1-27-13-8-11(17-5-18-12(8)21-22-13)20-14(24)19-10-6(15)3-4-7(9(10)16)23-28(2,25)26/h3-5,23H,1-2H3,(H3,17,18,19,20,21,22,24). The number of sulfonamides is 1. The lowest BCUT2D eigenvalue weighted by molar-refractivity contribution is 0.262. The van der Waals surface area contributed by atoms with E-state index in [4.69, 9.17) is 4.74 Å². The molecule has 0 saturated carbocycles. The highest BCUT2D eigenvalue weighted by Gasteiger charge is 2.20. The second-order valence-electron chi connectivity index (χ2n) is 5.42. The monoisotopic (exact) mass is 413 g/mol. The largest absolute Gasteiger partial charge is 0.479 e. The summed E-state index contributed by atoms with van der Waals surface area (Å²) < 4.78 is 57.8. The van der Waals surface area contributed by atoms with Gasteiger partial charge in [0.1, 0.15) is 23.2 Å². The summed E-state index contributed by atoms with van der Waals surface area (Å²) >= 11 is 0. The Kier molecular flexibility index (Phi) is 4.96. The number of fused-ring (bicyclic) bond motifs is 1. The molecule has 0 atom stereocenters. The molecule has 0 bridgehead atoms. The highest BCUT2D eigenvalue weighted by atomic mass is 32.2. The van der Waals surface area contributed by atoms with Crippen LogP contribution in [0.25, 0.3) is 11.0 Å². The van der Waals surface area contributed by atoms with Crippen molar-refractivity contribution in [2.45, 2.75) is 0 Å². The molecule has 3 aromatic rings. The maximum atomic E-state index is 14.4. The Morgan fingerprint density at radius 2 is 1.96 bits per heavy atom. The third kappa shape index (κ3) is 3.90. The molecule has 148 valence electrons. The Morgan fingerprint density at radius 3 is 2.64 bits per heavy atom. The van der Waals surface area contributed by atoms with Gasteiger partial charge in [0.2, 0.25) is 15.9 Å². The van der Waals surface area contributed by atoms with Crippen LogP contribution in [0.2, 0.25) is 0 Å². The van der Waals surface area contributed by atoms with E-state index >= 15 is 0 Å². The Balaban J connectivity index is 1.88. The molecule has 14 heteroatoms. The van der Waals surface area contributed by atoms with Gasteiger partial charge in [-0.3, -0.25) is 15.1 Å². The molecule has 2 aromatic heterocycles. The molecule has 1 aromatic carbocycles. The number of carbonyl (C=O) groups excluding carboxylic acids is 1. The van der Waals surface area contributed by atoms with Crippen molar-refractivity contribution in [2.24, 2.45) is 0 Å². The summed E-state index contributed by atoms with van der Waals surface area (Å²) in [7, 11) is -2.47. The number of halogens is 2. The van der Waals surface area contributed by atoms with Crippen molar-refractivity contribution in [3.63, 3.8) is 0 Å². The van der Waals surface area contributed by atoms with Crippen LogP contribution in [0.15, 0.2) is 18.5 Å². The first-order chi connectivity index (χ1) is 13.2. The first kappa shape index (κ1) is 19.2. The number of aromatic amines is 1. The molecule has 4 N–H and O–H groups in total. The molecule has 3 rings (SSSR count). The first-order valence-corrected chi connectivity index (χ1v) is 9.35. The number of hydrogen-bond acceptors (Lipinski definition) is 7. The SMILES string of the molecule is COc1n[nH]c2ncnc(NC(=O)Nc3c(F)ccc(NS(C)(=O)=O)c3F)c12. The zero-order chi connectivity index (χ0) is 20.5. The summed E-state index contributed by atoms with van der Waals surface area (Å²) in [5.74, 6) is -2.34. The molecule has 0 saturated heterocycles. The second-order valence-corrected chi connectivity index (χ2v) is 7.16. The molecule has 28 heavy (non-hydrogen) atoms. The number of amides is 2. The number of aromatic nitrogens is 4. The van der Waals surface area contributed by atoms with Crippen LogP contribution >= 0.6 is 0 Å². The van der Waals surface area contributed by atoms with Crippen LogP contribution in [0.3, 0.4) is 0 Å². The number of ether oxygens (including phenoxy) is 1. The van der Waals surface area contributed by atoms with Gasteiger partial charge in [0.05, 0.1) is 19.1 Å². The highest BCUT2D eigenvalue weighted by molar-refractivity contribution is 7.92. The van der Waals surface area contributed by atoms with Crippen LogP contribution in [-0.2, 0) is 10.0 Å². The lowest BCUT2D eigenvalue weighted by Crippen LogP contribution is -2.22. The fraction of sp³-hybridized carbons (Fsp3) is 0.143. The van der Waals surface area contributed by atoms with E-state index in [0.29, 0.717) is 0 Å². The van der Waals surface area contributed by atoms with Gasteiger partial charge < -0.3 is 10.1 Å². The number of nitrogens with one attached hydrogen (secondary N) is 4. The summed E-state index contributed by atoms with van der Waals surface area (Å²) in [6, 6.07) is 0.644. The molecule has 0 spiro atoms. The van der Waals surface area contributed by atoms with Crippen LogP contribution in [0.5, 0.6) is 5.88 Å². The number of rotatable bonds is 5. The summed E-state index contributed by atoms with van der Waals surface area (Å²) in [5, 5.41) is 10.9. The quantitative estimate of drug-likeness (QED) is 0.496. The fourth-order valence-electron chi connectivity index (χ4n) is 2.27. The smallest absolute Gasteiger partial charge is 0.325 e. The fourth-order valence-corrected chi connectivity index (χ4v) is 2.83. The first-order valence-electron chi connectivity index (χ1n) is 7.46. The van der Waals surface area contributed by atoms with E-state index < -0.39 is 39.1 Å². The minimum absolute atomic E-state index is 0.0284. The molecular formula is C14H13F2N7O4S. The number of anilines is 3. The van der Waals surface area contributed by atoms with E-state index in [1.165, 1.54) is 7.11 Å². The van der Waals surface area contributed by atoms with Crippen molar-refractivity contribution in [2.75, 3.05) is 28.7 Å². The summed E-state index contributed by atoms with van der Waals surface area (Å²) in [4.78, 5) is 20.0. The molecule has 0 aliphatic heterocycles. The summed E-state index contributed by atoms with van der Waals surface area (Å²) in [5.41, 5.74) is -1.12. The van der Waals surface area contributed by atoms with Gasteiger partial charge in [-0.1, -0.05) is 0 Å². The maximum Gasteiger partial charge on any atom is 0.325 e. The molecule has 2 heterocycles. The van der Waals surface area contributed by atoms with Crippen molar-refractivity contribution in [1.29, 1.82) is 0 Å². The van der Waals surface area contributed by atoms with Crippen LogP contribution in [0.4, 0.5) is 30.8 Å². The van der Waals surface area contributed by atoms with Crippen molar-refractivity contribution < 1.29 is 26.7 Å². The van der Waals surface area contributed by atoms with Crippen LogP contribution in [-0.4, -0.2) is 48.0 Å². The van der Waals surface area contributed by atoms with Gasteiger partial charge in [-0.2, -0.15) is 0 Å². The topological polar surface area (TPSA) is 151 Å². The van der Waals surface area contributed by atoms with E-state index in [1.54, 1.807) is 0 Å². The highest BCUT2D eigenvalue weighted by Crippen LogP contribution is 2.28. The van der Waals surface area contributed by atoms with Crippen LogP contribution in [0.1, 0.15) is 0 Å². The van der Waals surface area contributed by atoms with E-state index in [0.717, 1.165) is 24.7 Å². The van der Waals surface area contributed by atoms with E-state index in [2.05, 4.69) is 25.5 Å². The number of H-pyrrole nitrogens is 1. The normalized spacial score (nSPS) is 11.3. The lowest BCUT2D eigenvalue weighted by Gasteiger charge is -2.12. The number of hydrogen-bond donors (Lipinski definition) is 4. The van der Waals surface area contributed by atoms with E-state index in [1.807, 2.05) is 10.0 Å². The Hall–Kier alpha value is -3.55. The molecule has 2 amide bonds. The van der Waals surface area contributed by atoms with Crippen molar-refractivity contribution >= 4 is 44.3 Å². The van der Waals surface area contributed by atoms with Crippen molar-refractivity contribution in [1.82, 2.24) is 20.2 Å². The third-order valence-electron chi connectivity index (χ3n) is 3.37. The van der Waals surface area contributed by atoms with Gasteiger partial charge in [0.25, 0.3) is 0 Å². The molecule has 0 fully saturated rings. The average Bonchev–Trinajstić information content (AvgIpc) is 3.04. The molecule has 11 nitrogen and oxygen atoms in total. The van der Waals surface area contributed by atoms with Crippen molar-refractivity contribution in [3.05, 3.63) is 30.1 Å². The lowest BCUT2D eigenvalue weighted by atomic mass is 10.2. The number of methoxy groups -OCH3 is 1. The third-order valence-corrected chi connectivity index (χ3v) is 3.97. The zero-order valence-corrected chi connectivity index (χ0v) is 15.2. The van der Waals surface area contributed by atoms with E-state index in [9.17, 15) is 22.0 Å². The minimum atomic E-state index is -3.81. The number of urea groups is 1. The number of benzene rings is 1. The summed E-state index contributed by atoms with van der Waals surface area (Å²) in [6.45, 7) is 0. The Bertz CT molecular complexity index is 1170. The molecule has 0 aliphatic rings. The molecule has 0 radical (unpaired) electrons. The van der Waals surface area contributed by atoms with Gasteiger partial charge in [0.15, 0.2) is 17.3 Å². The summed E-state index contributed by atoms with van der Waals surface area (Å²) in [6.07, 6.45) is 1.93. The number of carbonyl (C=O) groups is 1. The molecule has 0 aliphatic carbocycles. The minimum Gasteiger partial charge on any atom is -0.479 e. The maximum absolute atomic E-state index is 14.4. The zero-order valence-electron chi connectivity index (χ0n) is 14.4. The Labute approximate surface area is 156 Å². The number of nitrogens with zero attached hydrogens (tertiary/aromatic N) is 3. The predicted molar refractivity (Wildman–Crippen MR) is 95.7 cm³/mol. The van der Waals surface area contributed by atoms with Crippen molar-refractivity contribution in [3.8, 4) is 5.88 Å². The Morgan fingerprint density at radius 1 is 1.21 bits per heavy atom. The van der Waals surface area contributed by atoms with E-state index in [-0.39, 0.29) is 22.7 Å². The van der Waals surface area contributed by atoms with Gasteiger partial charge in [0, 0.05) is 0 Å². The van der Waals surface area contributed by atoms with Gasteiger partial charge in [-0.25, -0.2) is 32.0 Å². The van der Waals surface area contributed by atoms with Gasteiger partial charge >= 0.3 is 6.03 Å². The average molecular weight is 413 g/mol. The predicted octanol–water partition coefficient (Wildman–Crippen LogP) is 1.66.